The summed E-state index contributed by atoms with van der Waals surface area (Å²) in [5, 5.41) is 14.6. The second kappa shape index (κ2) is 10.4. The Morgan fingerprint density at radius 1 is 1.30 bits per heavy atom. The Labute approximate surface area is 222 Å². The molecule has 4 rings (SSSR count). The molecule has 2 atom stereocenters. The van der Waals surface area contributed by atoms with Gasteiger partial charge in [-0.1, -0.05) is 36.6 Å². The van der Waals surface area contributed by atoms with Crippen LogP contribution >= 0.6 is 23.4 Å². The van der Waals surface area contributed by atoms with E-state index in [-0.39, 0.29) is 53.5 Å². The van der Waals surface area contributed by atoms with Gasteiger partial charge >= 0.3 is 35.5 Å². The number of rotatable bonds is 6. The first-order valence-corrected chi connectivity index (χ1v) is 11.8. The number of aliphatic carboxylic acids is 1. The van der Waals surface area contributed by atoms with Gasteiger partial charge in [-0.3, -0.25) is 19.3 Å². The van der Waals surface area contributed by atoms with E-state index in [1.807, 2.05) is 6.07 Å². The molecule has 0 unspecified atom stereocenters. The molecule has 0 aromatic heterocycles. The average Bonchev–Trinajstić information content (AvgIpc) is 3.26. The summed E-state index contributed by atoms with van der Waals surface area (Å²) < 4.78 is 4.92. The van der Waals surface area contributed by atoms with Gasteiger partial charge in [-0.05, 0) is 30.5 Å². The summed E-state index contributed by atoms with van der Waals surface area (Å²) in [5.41, 5.74) is 0.0685. The second-order valence-electron chi connectivity index (χ2n) is 8.18. The van der Waals surface area contributed by atoms with Gasteiger partial charge in [0.15, 0.2) is 0 Å². The smallest absolute Gasteiger partial charge is 0.543 e. The molecule has 1 saturated heterocycles. The Morgan fingerprint density at radius 3 is 2.61 bits per heavy atom. The fraction of sp³-hybridized carbons (Fsp3) is 0.455. The number of β-lactam (4-membered cyclic amide) rings is 1. The van der Waals surface area contributed by atoms with E-state index in [1.165, 1.54) is 18.7 Å². The number of benzene rings is 1. The molecule has 1 aromatic carbocycles. The van der Waals surface area contributed by atoms with Gasteiger partial charge in [0.25, 0.3) is 5.91 Å². The van der Waals surface area contributed by atoms with Crippen molar-refractivity contribution in [2.45, 2.75) is 49.4 Å². The van der Waals surface area contributed by atoms with Crippen LogP contribution in [0, 0.1) is 0 Å². The number of carbonyl (C=O) groups excluding carboxylic acids is 4. The standard InChI is InChI=1S/C22H23ClN2O6S.Na/c1-12(26)31-10-13-11-32-19-16(18(27)25(19)17(13)20(28)29)24-21(30)22(7-2-3-8-22)14-5-4-6-15(23)9-14;/h4-6,9,16,19H,2-3,7-8,10-11H2,1H3,(H,24,30)(H,28,29);/q;+1/p-1/t16-,19+;/m0./s1. The fourth-order valence-corrected chi connectivity index (χ4v) is 6.18. The molecule has 2 aliphatic heterocycles. The van der Waals surface area contributed by atoms with Crippen molar-refractivity contribution in [3.8, 4) is 0 Å². The largest absolute Gasteiger partial charge is 1.00 e. The van der Waals surface area contributed by atoms with Gasteiger partial charge in [0.05, 0.1) is 17.1 Å². The van der Waals surface area contributed by atoms with E-state index < -0.39 is 34.7 Å². The number of hydrogen-bond acceptors (Lipinski definition) is 7. The van der Waals surface area contributed by atoms with Crippen LogP contribution in [0.2, 0.25) is 5.02 Å². The van der Waals surface area contributed by atoms with E-state index in [0.29, 0.717) is 23.4 Å². The monoisotopic (exact) mass is 500 g/mol. The maximum Gasteiger partial charge on any atom is 1.00 e. The summed E-state index contributed by atoms with van der Waals surface area (Å²) in [6, 6.07) is 6.38. The van der Waals surface area contributed by atoms with E-state index in [9.17, 15) is 24.3 Å². The molecule has 1 N–H and O–H groups in total. The van der Waals surface area contributed by atoms with Crippen molar-refractivity contribution in [3.63, 3.8) is 0 Å². The number of nitrogens with one attached hydrogen (secondary N) is 1. The zero-order chi connectivity index (χ0) is 23.0. The number of amides is 2. The van der Waals surface area contributed by atoms with Crippen LogP contribution in [-0.2, 0) is 29.3 Å². The van der Waals surface area contributed by atoms with Gasteiger partial charge in [-0.2, -0.15) is 0 Å². The molecule has 33 heavy (non-hydrogen) atoms. The molecule has 1 aromatic rings. The Morgan fingerprint density at radius 2 is 2.00 bits per heavy atom. The van der Waals surface area contributed by atoms with Gasteiger partial charge in [-0.15, -0.1) is 11.8 Å². The minimum atomic E-state index is -1.51. The normalized spacial score (nSPS) is 23.2. The van der Waals surface area contributed by atoms with Crippen molar-refractivity contribution in [2.75, 3.05) is 12.4 Å². The van der Waals surface area contributed by atoms with Crippen molar-refractivity contribution in [2.24, 2.45) is 0 Å². The molecule has 2 fully saturated rings. The van der Waals surface area contributed by atoms with E-state index in [1.54, 1.807) is 18.2 Å². The molecule has 0 bridgehead atoms. The van der Waals surface area contributed by atoms with Gasteiger partial charge in [0.1, 0.15) is 18.0 Å². The van der Waals surface area contributed by atoms with E-state index in [0.717, 1.165) is 23.3 Å². The van der Waals surface area contributed by atoms with Crippen molar-refractivity contribution in [1.29, 1.82) is 0 Å². The predicted molar refractivity (Wildman–Crippen MR) is 115 cm³/mol. The van der Waals surface area contributed by atoms with Gasteiger partial charge in [0, 0.05) is 23.3 Å². The van der Waals surface area contributed by atoms with Crippen molar-refractivity contribution < 1.29 is 58.6 Å². The number of nitrogens with zero attached hydrogens (tertiary/aromatic N) is 1. The van der Waals surface area contributed by atoms with Crippen LogP contribution in [0.5, 0.6) is 0 Å². The van der Waals surface area contributed by atoms with E-state index >= 15 is 0 Å². The molecule has 2 heterocycles. The van der Waals surface area contributed by atoms with E-state index in [2.05, 4.69) is 5.32 Å². The topological polar surface area (TPSA) is 116 Å². The number of hydrogen-bond donors (Lipinski definition) is 1. The van der Waals surface area contributed by atoms with Crippen molar-refractivity contribution >= 4 is 47.1 Å². The minimum absolute atomic E-state index is 0. The third-order valence-corrected chi connectivity index (χ3v) is 7.82. The summed E-state index contributed by atoms with van der Waals surface area (Å²) in [6.07, 6.45) is 3.08. The number of carboxylic acid groups (broad SMARTS) is 1. The zero-order valence-corrected chi connectivity index (χ0v) is 22.0. The number of carbonyl (C=O) groups is 4. The Balaban J connectivity index is 0.00000306. The maximum atomic E-state index is 13.4. The summed E-state index contributed by atoms with van der Waals surface area (Å²) in [5.74, 6) is -2.58. The molecular weight excluding hydrogens is 479 g/mol. The SMILES string of the molecule is CC(=O)OCC1=C(C(=O)[O-])N2C(=O)[C@H](NC(=O)C3(c4cccc(Cl)c4)CCCC3)[C@H]2SC1.[Na+]. The second-order valence-corrected chi connectivity index (χ2v) is 9.72. The maximum absolute atomic E-state index is 13.4. The van der Waals surface area contributed by atoms with Crippen LogP contribution in [0.3, 0.4) is 0 Å². The number of halogens is 1. The molecule has 11 heteroatoms. The number of carboxylic acids is 1. The van der Waals surface area contributed by atoms with Crippen molar-refractivity contribution in [3.05, 3.63) is 46.1 Å². The van der Waals surface area contributed by atoms with E-state index in [4.69, 9.17) is 16.3 Å². The van der Waals surface area contributed by atoms with Crippen molar-refractivity contribution in [1.82, 2.24) is 10.2 Å². The molecule has 170 valence electrons. The van der Waals surface area contributed by atoms with Crippen LogP contribution in [0.1, 0.15) is 38.2 Å². The summed E-state index contributed by atoms with van der Waals surface area (Å²) in [4.78, 5) is 50.3. The number of ether oxygens (including phenoxy) is 1. The van der Waals surface area contributed by atoms with Crippen LogP contribution in [0.4, 0.5) is 0 Å². The van der Waals surface area contributed by atoms with Crippen LogP contribution in [0.25, 0.3) is 0 Å². The molecule has 0 radical (unpaired) electrons. The fourth-order valence-electron chi connectivity index (χ4n) is 4.66. The summed E-state index contributed by atoms with van der Waals surface area (Å²) in [7, 11) is 0. The first-order chi connectivity index (χ1) is 15.2. The predicted octanol–water partition coefficient (Wildman–Crippen LogP) is -1.88. The Bertz CT molecular complexity index is 1030. The Kier molecular flexibility index (Phi) is 8.22. The number of thioether (sulfide) groups is 1. The summed E-state index contributed by atoms with van der Waals surface area (Å²) in [6.45, 7) is 0.994. The third kappa shape index (κ3) is 4.84. The van der Waals surface area contributed by atoms with Gasteiger partial charge in [0.2, 0.25) is 5.91 Å². The first-order valence-electron chi connectivity index (χ1n) is 10.3. The molecular formula is C22H22ClN2NaO6S. The number of fused-ring (bicyclic) bond motifs is 1. The zero-order valence-electron chi connectivity index (χ0n) is 18.4. The van der Waals surface area contributed by atoms with Gasteiger partial charge < -0.3 is 20.0 Å². The quantitative estimate of drug-likeness (QED) is 0.276. The Hall–Kier alpha value is -1.52. The average molecular weight is 501 g/mol. The molecule has 2 amide bonds. The molecule has 1 aliphatic carbocycles. The molecule has 3 aliphatic rings. The minimum Gasteiger partial charge on any atom is -0.543 e. The molecule has 0 spiro atoms. The molecule has 1 saturated carbocycles. The summed E-state index contributed by atoms with van der Waals surface area (Å²) >= 11 is 7.48. The molecule has 8 nitrogen and oxygen atoms in total. The van der Waals surface area contributed by atoms with Crippen LogP contribution in [0.15, 0.2) is 35.5 Å². The first kappa shape index (κ1) is 26.1. The van der Waals surface area contributed by atoms with Gasteiger partial charge in [-0.25, -0.2) is 0 Å². The van der Waals surface area contributed by atoms with Crippen LogP contribution < -0.4 is 40.0 Å². The third-order valence-electron chi connectivity index (χ3n) is 6.25. The number of esters is 1. The van der Waals surface area contributed by atoms with Crippen LogP contribution in [-0.4, -0.2) is 52.4 Å².